The molecule has 12 aromatic rings. The van der Waals surface area contributed by atoms with E-state index in [-0.39, 0.29) is 107 Å². The summed E-state index contributed by atoms with van der Waals surface area (Å²) in [6, 6.07) is 20.1. The lowest BCUT2D eigenvalue weighted by Crippen LogP contribution is -2.52. The van der Waals surface area contributed by atoms with E-state index < -0.39 is 228 Å². The van der Waals surface area contributed by atoms with Gasteiger partial charge in [0.05, 0.1) is 112 Å². The van der Waals surface area contributed by atoms with Crippen LogP contribution in [0.15, 0.2) is 166 Å². The molecule has 0 radical (unpaired) electrons. The first kappa shape index (κ1) is 111. The molecule has 0 saturated carbocycles. The molecule has 4 N–H and O–H groups in total. The maximum atomic E-state index is 13.8. The highest BCUT2D eigenvalue weighted by molar-refractivity contribution is 8.00. The summed E-state index contributed by atoms with van der Waals surface area (Å²) >= 11 is 50.5. The normalized spacial score (nSPS) is 22.2. The van der Waals surface area contributed by atoms with Gasteiger partial charge in [-0.25, -0.2) is 88.2 Å². The minimum Gasteiger partial charge on any atom is -0.463 e. The zero-order valence-electron chi connectivity index (χ0n) is 73.6. The molecule has 768 valence electrons. The van der Waals surface area contributed by atoms with E-state index in [2.05, 4.69) is 41.2 Å². The zero-order chi connectivity index (χ0) is 105. The Bertz CT molecular complexity index is 6940. The Morgan fingerprint density at radius 2 is 0.625 bits per heavy atom. The molecule has 0 bridgehead atoms. The summed E-state index contributed by atoms with van der Waals surface area (Å²) in [5.41, 5.74) is -4.46. The molecule has 4 fully saturated rings. The van der Waals surface area contributed by atoms with Gasteiger partial charge >= 0.3 is 23.9 Å². The number of aliphatic hydroxyl groups excluding tert-OH is 4. The molecule has 0 aliphatic carbocycles. The molecule has 8 heterocycles. The number of esters is 4. The molecule has 0 amide bonds. The van der Waals surface area contributed by atoms with E-state index >= 15 is 0 Å². The molecule has 16 rings (SSSR count). The number of aromatic nitrogens is 12. The van der Waals surface area contributed by atoms with Gasteiger partial charge < -0.3 is 58.3 Å². The zero-order valence-corrected chi connectivity index (χ0v) is 82.9. The van der Waals surface area contributed by atoms with Crippen molar-refractivity contribution in [3.63, 3.8) is 0 Å². The number of benzene rings is 8. The largest absolute Gasteiger partial charge is 0.463 e. The minimum absolute atomic E-state index is 0.00496. The standard InChI is InChI=1S/C24H20Cl2F3N3O7S.C24H20Cl2F3N3O5S.C20H16Cl2F3N3O5S.C20H16Cl2F3N3O3S/c1-11(33)37-10-21-24(38-12(2)34)20(8-22(39-21)40(35,36)14-3-4-15(25)16(26)7-14)32-9-19(30-31-32)13-5-17(27)23(29)18(28)6-13;1-11(33)35-10-21-24(36-12(2)34)20(8-22(37-21)38-14-3-4-15(25)16(26)7-14)32-9-19(30-31-32)13-5-17(27)23(29)18(28)6-13;21-11-2-1-10(5-12(11)22)34(31,32)18-6-16(20(30)17(8-29)33-18)28-7-15(26-27-28)9-3-13(23)19(25)14(24)4-9;21-11-2-1-10(5-12(11)22)32-18-6-16(20(30)17(8-29)31-18)28-7-15(26-27-28)9-3-13(23)19(25)14(24)4-9/h3-7,9,20-22,24H,8,10H2,1-2H3;3-7,9,20-22,24H,8,10H2,1-2H3;1-5,7,16-18,20,29-30H,6,8H2;1-5,7,16-18,20,29-30H,6,8H2/t2*20-,21-,22-,24-;2*16-,17-,18-,20-/m1111/s1. The van der Waals surface area contributed by atoms with Gasteiger partial charge in [-0.1, -0.05) is 137 Å². The van der Waals surface area contributed by atoms with Crippen molar-refractivity contribution in [2.75, 3.05) is 26.4 Å². The van der Waals surface area contributed by atoms with E-state index in [1.165, 1.54) is 95.8 Å². The van der Waals surface area contributed by atoms with Crippen LogP contribution in [-0.4, -0.2) is 218 Å². The summed E-state index contributed by atoms with van der Waals surface area (Å²) in [5.74, 6) is -20.3. The van der Waals surface area contributed by atoms with Crippen LogP contribution >= 0.6 is 116 Å². The van der Waals surface area contributed by atoms with Crippen LogP contribution in [0, 0.1) is 69.8 Å². The average Bonchev–Trinajstić information content (AvgIpc) is 1.17. The van der Waals surface area contributed by atoms with Crippen molar-refractivity contribution in [1.82, 2.24) is 60.0 Å². The quantitative estimate of drug-likeness (QED) is 0.0189. The molecule has 32 nitrogen and oxygen atoms in total. The van der Waals surface area contributed by atoms with Crippen molar-refractivity contribution in [3.05, 3.63) is 256 Å². The summed E-state index contributed by atoms with van der Waals surface area (Å²) < 4.78 is 266. The number of thioether (sulfide) groups is 2. The van der Waals surface area contributed by atoms with Crippen molar-refractivity contribution in [2.24, 2.45) is 0 Å². The van der Waals surface area contributed by atoms with Crippen LogP contribution in [0.25, 0.3) is 45.0 Å². The molecule has 4 aromatic heterocycles. The molecule has 4 aliphatic heterocycles. The lowest BCUT2D eigenvalue weighted by Gasteiger charge is -2.40. The van der Waals surface area contributed by atoms with E-state index in [1.807, 2.05) is 0 Å². The molecule has 8 aromatic carbocycles. The van der Waals surface area contributed by atoms with Crippen LogP contribution < -0.4 is 0 Å². The molecule has 0 unspecified atom stereocenters. The monoisotopic (exact) mass is 2250 g/mol. The average molecular weight is 2260 g/mol. The first-order valence-electron chi connectivity index (χ1n) is 41.8. The Kier molecular flexibility index (Phi) is 36.9. The van der Waals surface area contributed by atoms with Gasteiger partial charge in [0.2, 0.25) is 19.7 Å². The lowest BCUT2D eigenvalue weighted by molar-refractivity contribution is -0.183. The van der Waals surface area contributed by atoms with Crippen LogP contribution in [0.1, 0.15) is 77.5 Å². The third-order valence-corrected chi connectivity index (χ3v) is 30.9. The number of hydrogen-bond acceptors (Lipinski definition) is 30. The number of sulfone groups is 2. The number of hydrogen-bond donors (Lipinski definition) is 4. The summed E-state index contributed by atoms with van der Waals surface area (Å²) in [6.45, 7) is 2.81. The molecule has 4 saturated heterocycles. The fourth-order valence-corrected chi connectivity index (χ4v) is 21.9. The van der Waals surface area contributed by atoms with Crippen molar-refractivity contribution in [3.8, 4) is 45.0 Å². The first-order chi connectivity index (χ1) is 68.1. The first-order valence-corrected chi connectivity index (χ1v) is 49.6. The van der Waals surface area contributed by atoms with E-state index in [0.717, 1.165) is 81.5 Å². The number of aliphatic hydroxyl groups is 4. The van der Waals surface area contributed by atoms with Crippen molar-refractivity contribution >= 4 is 160 Å². The summed E-state index contributed by atoms with van der Waals surface area (Å²) in [4.78, 5) is 48.1. The van der Waals surface area contributed by atoms with Gasteiger partial charge in [0, 0.05) is 85.4 Å². The van der Waals surface area contributed by atoms with Gasteiger partial charge in [0.15, 0.2) is 92.9 Å². The Morgan fingerprint density at radius 1 is 0.361 bits per heavy atom. The Hall–Kier alpha value is -10.0. The fraction of sp³-hybridized carbons (Fsp3) is 0.318. The van der Waals surface area contributed by atoms with Crippen LogP contribution in [0.4, 0.5) is 52.7 Å². The number of nitrogens with zero attached hydrogens (tertiary/aromatic N) is 12. The third kappa shape index (κ3) is 26.6. The maximum absolute atomic E-state index is 13.8. The van der Waals surface area contributed by atoms with E-state index in [1.54, 1.807) is 36.4 Å². The van der Waals surface area contributed by atoms with Gasteiger partial charge in [-0.3, -0.25) is 19.2 Å². The fourth-order valence-electron chi connectivity index (χ4n) is 15.0. The number of halogens is 20. The summed E-state index contributed by atoms with van der Waals surface area (Å²) in [5, 5.41) is 73.7. The topological polar surface area (TPSA) is 414 Å². The second-order valence-corrected chi connectivity index (χ2v) is 41.6. The number of carbonyl (C=O) groups is 4. The number of rotatable bonds is 24. The van der Waals surface area contributed by atoms with Crippen molar-refractivity contribution in [2.45, 2.75) is 168 Å². The van der Waals surface area contributed by atoms with Crippen LogP contribution in [0.5, 0.6) is 0 Å². The van der Waals surface area contributed by atoms with Crippen LogP contribution in [0.3, 0.4) is 0 Å². The SMILES string of the molecule is CC(=O)OC[C@H]1O[C@H](S(=O)(=O)c2ccc(Cl)c(Cl)c2)C[C@@H](n2cc(-c3cc(F)c(F)c(F)c3)nn2)[C@H]1OC(C)=O.CC(=O)OC[C@H]1O[C@H](Sc2ccc(Cl)c(Cl)c2)C[C@@H](n2cc(-c3cc(F)c(F)c(F)c3)nn2)[C@H]1OC(C)=O.O=S(=O)(c1ccc(Cl)c(Cl)c1)[C@@H]1C[C@@H](n2cc(-c3cc(F)c(F)c(F)c3)nn2)[C@@H](O)[C@@H](CO)O1.OC[C@H]1O[C@H](Sc2ccc(Cl)c(Cl)c2)C[C@@H](n2cc(-c3cc(F)c(F)c(F)c3)nn2)[C@H]1O. The van der Waals surface area contributed by atoms with E-state index in [9.17, 15) is 109 Å². The van der Waals surface area contributed by atoms with Crippen molar-refractivity contribution < 1.29 is 147 Å². The highest BCUT2D eigenvalue weighted by Crippen LogP contribution is 2.46. The second kappa shape index (κ2) is 47.9. The summed E-state index contributed by atoms with van der Waals surface area (Å²) in [7, 11) is -8.44. The second-order valence-electron chi connectivity index (χ2n) is 31.7. The maximum Gasteiger partial charge on any atom is 0.303 e. The van der Waals surface area contributed by atoms with E-state index in [0.29, 0.717) is 32.2 Å². The van der Waals surface area contributed by atoms with Gasteiger partial charge in [-0.15, -0.1) is 20.4 Å². The Morgan fingerprint density at radius 3 is 0.931 bits per heavy atom. The molecule has 16 atom stereocenters. The van der Waals surface area contributed by atoms with Gasteiger partial charge in [0.1, 0.15) is 83.5 Å². The lowest BCUT2D eigenvalue weighted by atomic mass is 9.99. The van der Waals surface area contributed by atoms with Gasteiger partial charge in [0.25, 0.3) is 0 Å². The predicted molar refractivity (Wildman–Crippen MR) is 493 cm³/mol. The minimum atomic E-state index is -4.28. The van der Waals surface area contributed by atoms with Crippen LogP contribution in [0.2, 0.25) is 40.2 Å². The van der Waals surface area contributed by atoms with Crippen molar-refractivity contribution in [1.29, 1.82) is 0 Å². The summed E-state index contributed by atoms with van der Waals surface area (Å²) in [6.07, 6.45) is -4.07. The van der Waals surface area contributed by atoms with Gasteiger partial charge in [-0.05, 0) is 121 Å². The molecular formula is C88H72Cl8F12N12O20S4. The van der Waals surface area contributed by atoms with Gasteiger partial charge in [-0.2, -0.15) is 0 Å². The Balaban J connectivity index is 0.000000161. The highest BCUT2D eigenvalue weighted by atomic mass is 35.5. The molecule has 144 heavy (non-hydrogen) atoms. The number of carbonyl (C=O) groups excluding carboxylic acids is 4. The molecular weight excluding hydrogens is 2180 g/mol. The molecule has 56 heteroatoms. The third-order valence-electron chi connectivity index (χ3n) is 21.9. The molecule has 0 spiro atoms. The van der Waals surface area contributed by atoms with E-state index in [4.69, 9.17) is 131 Å². The smallest absolute Gasteiger partial charge is 0.303 e. The predicted octanol–water partition coefficient (Wildman–Crippen LogP) is 17.5. The Labute approximate surface area is 856 Å². The molecule has 4 aliphatic rings. The number of ether oxygens (including phenoxy) is 8. The van der Waals surface area contributed by atoms with Crippen LogP contribution in [-0.2, 0) is 76.7 Å². The highest BCUT2D eigenvalue weighted by Gasteiger charge is 2.50.